The van der Waals surface area contributed by atoms with Gasteiger partial charge in [-0.05, 0) is 18.1 Å². The molecule has 1 aromatic carbocycles. The highest BCUT2D eigenvalue weighted by molar-refractivity contribution is 5.85. The molecule has 0 fully saturated rings. The topological polar surface area (TPSA) is 134 Å². The lowest BCUT2D eigenvalue weighted by Gasteiger charge is -1.99. The molecule has 2 aromatic rings. The van der Waals surface area contributed by atoms with Gasteiger partial charge in [-0.1, -0.05) is 0 Å². The number of hydrogen-bond donors (Lipinski definition) is 1. The maximum Gasteiger partial charge on any atom is 0.379 e. The van der Waals surface area contributed by atoms with Crippen molar-refractivity contribution in [2.45, 2.75) is 6.92 Å². The smallest absolute Gasteiger partial charge is 0.379 e. The number of carbonyl (C=O) groups excluding carboxylic acids is 1. The lowest BCUT2D eigenvalue weighted by atomic mass is 10.1. The summed E-state index contributed by atoms with van der Waals surface area (Å²) >= 11 is 0. The van der Waals surface area contributed by atoms with Gasteiger partial charge >= 0.3 is 5.97 Å². The maximum atomic E-state index is 11.4. The van der Waals surface area contributed by atoms with Crippen LogP contribution in [0.4, 0.5) is 11.4 Å². The summed E-state index contributed by atoms with van der Waals surface area (Å²) in [5.74, 6) is -0.969. The Labute approximate surface area is 112 Å². The third kappa shape index (κ3) is 2.55. The van der Waals surface area contributed by atoms with Crippen LogP contribution in [0.15, 0.2) is 22.7 Å². The van der Waals surface area contributed by atoms with Gasteiger partial charge in [-0.3, -0.25) is 10.1 Å². The second-order valence-corrected chi connectivity index (χ2v) is 3.67. The molecule has 0 saturated heterocycles. The third-order valence-electron chi connectivity index (χ3n) is 2.36. The molecule has 0 radical (unpaired) electrons. The van der Waals surface area contributed by atoms with Crippen LogP contribution in [0.1, 0.15) is 17.5 Å². The molecule has 0 atom stereocenters. The Hall–Kier alpha value is -2.97. The highest BCUT2D eigenvalue weighted by Crippen LogP contribution is 2.28. The number of nitrogens with two attached hydrogens (primary N) is 1. The van der Waals surface area contributed by atoms with Crippen LogP contribution in [-0.4, -0.2) is 27.6 Å². The van der Waals surface area contributed by atoms with Crippen molar-refractivity contribution in [1.29, 1.82) is 0 Å². The van der Waals surface area contributed by atoms with E-state index in [4.69, 9.17) is 15.0 Å². The molecule has 0 spiro atoms. The lowest BCUT2D eigenvalue weighted by molar-refractivity contribution is -0.384. The van der Waals surface area contributed by atoms with E-state index >= 15 is 0 Å². The number of nitro benzene ring substituents is 1. The lowest BCUT2D eigenvalue weighted by Crippen LogP contribution is -2.06. The number of aromatic nitrogens is 2. The van der Waals surface area contributed by atoms with Crippen molar-refractivity contribution in [3.05, 3.63) is 34.1 Å². The van der Waals surface area contributed by atoms with Crippen molar-refractivity contribution < 1.29 is 19.0 Å². The Morgan fingerprint density at radius 2 is 2.30 bits per heavy atom. The van der Waals surface area contributed by atoms with E-state index in [1.807, 2.05) is 0 Å². The van der Waals surface area contributed by atoms with Crippen LogP contribution in [0.3, 0.4) is 0 Å². The number of benzene rings is 1. The van der Waals surface area contributed by atoms with Gasteiger partial charge in [0.15, 0.2) is 0 Å². The fourth-order valence-electron chi connectivity index (χ4n) is 1.47. The van der Waals surface area contributed by atoms with Crippen LogP contribution in [0.25, 0.3) is 11.5 Å². The van der Waals surface area contributed by atoms with Crippen molar-refractivity contribution in [3.63, 3.8) is 0 Å². The predicted octanol–water partition coefficient (Wildman–Crippen LogP) is 1.40. The van der Waals surface area contributed by atoms with Crippen LogP contribution < -0.4 is 5.73 Å². The Bertz CT molecular complexity index is 667. The fraction of sp³-hybridized carbons (Fsp3) is 0.182. The molecule has 9 nitrogen and oxygen atoms in total. The first-order valence-electron chi connectivity index (χ1n) is 5.58. The maximum absolute atomic E-state index is 11.4. The van der Waals surface area contributed by atoms with E-state index in [0.717, 1.165) is 0 Å². The first kappa shape index (κ1) is 13.5. The SMILES string of the molecule is CCOC(=O)c1noc(-c2ccc([N+](=O)[O-])cc2N)n1. The minimum atomic E-state index is -0.719. The highest BCUT2D eigenvalue weighted by Gasteiger charge is 2.19. The molecule has 0 saturated carbocycles. The van der Waals surface area contributed by atoms with Gasteiger partial charge in [0.2, 0.25) is 0 Å². The van der Waals surface area contributed by atoms with Gasteiger partial charge in [-0.15, -0.1) is 0 Å². The van der Waals surface area contributed by atoms with Crippen LogP contribution in [-0.2, 0) is 4.74 Å². The molecule has 9 heteroatoms. The zero-order valence-electron chi connectivity index (χ0n) is 10.4. The minimum Gasteiger partial charge on any atom is -0.460 e. The van der Waals surface area contributed by atoms with Crippen molar-refractivity contribution in [3.8, 4) is 11.5 Å². The quantitative estimate of drug-likeness (QED) is 0.383. The van der Waals surface area contributed by atoms with Crippen LogP contribution in [0, 0.1) is 10.1 Å². The van der Waals surface area contributed by atoms with Crippen LogP contribution in [0.5, 0.6) is 0 Å². The molecule has 20 heavy (non-hydrogen) atoms. The molecule has 104 valence electrons. The van der Waals surface area contributed by atoms with Gasteiger partial charge in [-0.2, -0.15) is 4.98 Å². The summed E-state index contributed by atoms with van der Waals surface area (Å²) in [6.07, 6.45) is 0. The number of carbonyl (C=O) groups is 1. The summed E-state index contributed by atoms with van der Waals surface area (Å²) in [6, 6.07) is 3.79. The molecule has 0 bridgehead atoms. The first-order chi connectivity index (χ1) is 9.52. The van der Waals surface area contributed by atoms with Gasteiger partial charge in [0, 0.05) is 12.1 Å². The number of rotatable bonds is 4. The molecule has 2 rings (SSSR count). The van der Waals surface area contributed by atoms with Crippen LogP contribution >= 0.6 is 0 Å². The van der Waals surface area contributed by atoms with Crippen molar-refractivity contribution in [1.82, 2.24) is 10.1 Å². The van der Waals surface area contributed by atoms with E-state index < -0.39 is 10.9 Å². The van der Waals surface area contributed by atoms with Crippen molar-refractivity contribution in [2.75, 3.05) is 12.3 Å². The van der Waals surface area contributed by atoms with E-state index in [2.05, 4.69) is 10.1 Å². The Kier molecular flexibility index (Phi) is 3.60. The van der Waals surface area contributed by atoms with Crippen molar-refractivity contribution in [2.24, 2.45) is 0 Å². The minimum absolute atomic E-state index is 0.0135. The number of nitrogen functional groups attached to an aromatic ring is 1. The second kappa shape index (κ2) is 5.34. The highest BCUT2D eigenvalue weighted by atomic mass is 16.6. The largest absolute Gasteiger partial charge is 0.460 e. The van der Waals surface area contributed by atoms with Crippen molar-refractivity contribution >= 4 is 17.3 Å². The summed E-state index contributed by atoms with van der Waals surface area (Å²) in [6.45, 7) is 1.83. The predicted molar refractivity (Wildman–Crippen MR) is 66.8 cm³/mol. The number of non-ortho nitro benzene ring substituents is 1. The number of nitrogens with zero attached hydrogens (tertiary/aromatic N) is 3. The summed E-state index contributed by atoms with van der Waals surface area (Å²) in [5.41, 5.74) is 5.93. The number of nitro groups is 1. The normalized spacial score (nSPS) is 10.2. The Morgan fingerprint density at radius 3 is 2.90 bits per heavy atom. The average molecular weight is 278 g/mol. The first-order valence-corrected chi connectivity index (χ1v) is 5.58. The standard InChI is InChI=1S/C11H10N4O5/c1-2-19-11(16)9-13-10(20-14-9)7-4-3-6(15(17)18)5-8(7)12/h3-5H,2,12H2,1H3. The Morgan fingerprint density at radius 1 is 1.55 bits per heavy atom. The van der Waals surface area contributed by atoms with E-state index in [-0.39, 0.29) is 29.7 Å². The summed E-state index contributed by atoms with van der Waals surface area (Å²) in [5, 5.41) is 14.1. The summed E-state index contributed by atoms with van der Waals surface area (Å²) in [7, 11) is 0. The van der Waals surface area contributed by atoms with Gasteiger partial charge in [-0.25, -0.2) is 4.79 Å². The van der Waals surface area contributed by atoms with Gasteiger partial charge in [0.1, 0.15) is 0 Å². The van der Waals surface area contributed by atoms with Gasteiger partial charge < -0.3 is 15.0 Å². The summed E-state index contributed by atoms with van der Waals surface area (Å²) < 4.78 is 9.60. The average Bonchev–Trinajstić information content (AvgIpc) is 2.88. The molecule has 1 heterocycles. The molecule has 0 aliphatic heterocycles. The van der Waals surface area contributed by atoms with Gasteiger partial charge in [0.25, 0.3) is 17.4 Å². The number of esters is 1. The molecular formula is C11H10N4O5. The zero-order chi connectivity index (χ0) is 14.7. The van der Waals surface area contributed by atoms with Crippen LogP contribution in [0.2, 0.25) is 0 Å². The molecule has 0 aliphatic carbocycles. The third-order valence-corrected chi connectivity index (χ3v) is 2.36. The van der Waals surface area contributed by atoms with E-state index in [0.29, 0.717) is 5.56 Å². The second-order valence-electron chi connectivity index (χ2n) is 3.67. The molecule has 2 N–H and O–H groups in total. The number of hydrogen-bond acceptors (Lipinski definition) is 8. The Balaban J connectivity index is 2.33. The van der Waals surface area contributed by atoms with Gasteiger partial charge in [0.05, 0.1) is 22.8 Å². The van der Waals surface area contributed by atoms with E-state index in [1.54, 1.807) is 6.92 Å². The molecular weight excluding hydrogens is 268 g/mol. The molecule has 0 unspecified atom stereocenters. The summed E-state index contributed by atoms with van der Waals surface area (Å²) in [4.78, 5) is 25.3. The monoisotopic (exact) mass is 278 g/mol. The van der Waals surface area contributed by atoms with E-state index in [1.165, 1.54) is 18.2 Å². The molecule has 1 aromatic heterocycles. The number of ether oxygens (including phenoxy) is 1. The number of anilines is 1. The van der Waals surface area contributed by atoms with E-state index in [9.17, 15) is 14.9 Å². The zero-order valence-corrected chi connectivity index (χ0v) is 10.4. The fourth-order valence-corrected chi connectivity index (χ4v) is 1.47. The molecule has 0 amide bonds. The molecule has 0 aliphatic rings.